The van der Waals surface area contributed by atoms with E-state index in [1.165, 1.54) is 42.5 Å². The summed E-state index contributed by atoms with van der Waals surface area (Å²) in [6.45, 7) is -0.469. The van der Waals surface area contributed by atoms with Crippen LogP contribution in [0.2, 0.25) is 20.1 Å². The number of hydrogen-bond donors (Lipinski definition) is 1. The van der Waals surface area contributed by atoms with Crippen molar-refractivity contribution in [2.75, 3.05) is 11.9 Å². The molecule has 3 aromatic rings. The van der Waals surface area contributed by atoms with Gasteiger partial charge in [-0.05, 0) is 60.2 Å². The first-order valence-electron chi connectivity index (χ1n) is 8.89. The van der Waals surface area contributed by atoms with E-state index in [0.717, 1.165) is 4.31 Å². The molecule has 3 rings (SSSR count). The van der Waals surface area contributed by atoms with Crippen molar-refractivity contribution in [1.29, 1.82) is 0 Å². The van der Waals surface area contributed by atoms with E-state index in [0.29, 0.717) is 31.3 Å². The topological polar surface area (TPSA) is 66.5 Å². The van der Waals surface area contributed by atoms with Crippen molar-refractivity contribution in [3.05, 3.63) is 92.4 Å². The zero-order chi connectivity index (χ0) is 22.6. The van der Waals surface area contributed by atoms with Gasteiger partial charge in [-0.3, -0.25) is 4.79 Å². The summed E-state index contributed by atoms with van der Waals surface area (Å²) in [6.07, 6.45) is 0. The Kier molecular flexibility index (Phi) is 7.86. The van der Waals surface area contributed by atoms with Gasteiger partial charge in [-0.15, -0.1) is 0 Å². The normalized spacial score (nSPS) is 11.5. The number of nitrogens with one attached hydrogen (secondary N) is 1. The summed E-state index contributed by atoms with van der Waals surface area (Å²) in [4.78, 5) is 12.7. The summed E-state index contributed by atoms with van der Waals surface area (Å²) in [5.74, 6) is -0.551. The molecule has 10 heteroatoms. The largest absolute Gasteiger partial charge is 0.325 e. The SMILES string of the molecule is O=C(CN(Cc1ccc(Cl)cc1)S(=O)(=O)c1ccc(Cl)cc1)Nc1cc(Cl)cc(Cl)c1. The molecular formula is C21H16Cl4N2O3S. The van der Waals surface area contributed by atoms with Crippen LogP contribution in [-0.2, 0) is 21.4 Å². The number of carbonyl (C=O) groups is 1. The summed E-state index contributed by atoms with van der Waals surface area (Å²) < 4.78 is 27.6. The predicted molar refractivity (Wildman–Crippen MR) is 126 cm³/mol. The third-order valence-electron chi connectivity index (χ3n) is 4.19. The number of carbonyl (C=O) groups excluding carboxylic acids is 1. The first-order chi connectivity index (χ1) is 14.6. The van der Waals surface area contributed by atoms with Gasteiger partial charge in [-0.2, -0.15) is 4.31 Å². The second-order valence-corrected chi connectivity index (χ2v) is 10.2. The van der Waals surface area contributed by atoms with Crippen molar-refractivity contribution in [3.8, 4) is 0 Å². The maximum Gasteiger partial charge on any atom is 0.243 e. The first-order valence-corrected chi connectivity index (χ1v) is 11.8. The Bertz CT molecular complexity index is 1160. The van der Waals surface area contributed by atoms with Crippen molar-refractivity contribution in [3.63, 3.8) is 0 Å². The molecule has 1 N–H and O–H groups in total. The highest BCUT2D eigenvalue weighted by atomic mass is 35.5. The van der Waals surface area contributed by atoms with Crippen molar-refractivity contribution in [2.24, 2.45) is 0 Å². The van der Waals surface area contributed by atoms with Crippen LogP contribution in [0.1, 0.15) is 5.56 Å². The van der Waals surface area contributed by atoms with Crippen LogP contribution in [0, 0.1) is 0 Å². The fourth-order valence-electron chi connectivity index (χ4n) is 2.76. The molecule has 0 radical (unpaired) electrons. The number of benzene rings is 3. The molecule has 0 spiro atoms. The number of sulfonamides is 1. The standard InChI is InChI=1S/C21H16Cl4N2O3S/c22-15-3-1-14(2-4-15)12-27(31(29,30)20-7-5-16(23)6-8-20)13-21(28)26-19-10-17(24)9-18(25)11-19/h1-11H,12-13H2,(H,26,28). The lowest BCUT2D eigenvalue weighted by molar-refractivity contribution is -0.116. The van der Waals surface area contributed by atoms with Crippen molar-refractivity contribution >= 4 is 68.0 Å². The minimum Gasteiger partial charge on any atom is -0.325 e. The molecule has 162 valence electrons. The number of anilines is 1. The van der Waals surface area contributed by atoms with Gasteiger partial charge in [0.2, 0.25) is 15.9 Å². The molecule has 0 saturated heterocycles. The van der Waals surface area contributed by atoms with Gasteiger partial charge in [0.1, 0.15) is 0 Å². The third-order valence-corrected chi connectivity index (χ3v) is 6.94. The average molecular weight is 518 g/mol. The van der Waals surface area contributed by atoms with Gasteiger partial charge in [0.05, 0.1) is 11.4 Å². The minimum absolute atomic E-state index is 0.0180. The molecule has 5 nitrogen and oxygen atoms in total. The summed E-state index contributed by atoms with van der Waals surface area (Å²) in [5.41, 5.74) is 1.03. The summed E-state index contributed by atoms with van der Waals surface area (Å²) in [5, 5.41) is 4.23. The number of halogens is 4. The Morgan fingerprint density at radius 3 is 1.84 bits per heavy atom. The lowest BCUT2D eigenvalue weighted by Crippen LogP contribution is -2.37. The van der Waals surface area contributed by atoms with Crippen LogP contribution in [0.4, 0.5) is 5.69 Å². The summed E-state index contributed by atoms with van der Waals surface area (Å²) >= 11 is 23.7. The van der Waals surface area contributed by atoms with E-state index in [2.05, 4.69) is 5.32 Å². The first kappa shape index (κ1) is 23.9. The van der Waals surface area contributed by atoms with E-state index in [-0.39, 0.29) is 11.4 Å². The van der Waals surface area contributed by atoms with Crippen LogP contribution < -0.4 is 5.32 Å². The van der Waals surface area contributed by atoms with E-state index in [1.807, 2.05) is 0 Å². The minimum atomic E-state index is -4.00. The molecule has 0 aliphatic rings. The molecule has 0 heterocycles. The summed E-state index contributed by atoms with van der Waals surface area (Å²) in [7, 11) is -4.00. The van der Waals surface area contributed by atoms with Crippen LogP contribution >= 0.6 is 46.4 Å². The van der Waals surface area contributed by atoms with Gasteiger partial charge in [-0.1, -0.05) is 58.5 Å². The fourth-order valence-corrected chi connectivity index (χ4v) is 4.92. The molecule has 0 fully saturated rings. The highest BCUT2D eigenvalue weighted by Crippen LogP contribution is 2.24. The van der Waals surface area contributed by atoms with Crippen LogP contribution in [0.15, 0.2) is 71.6 Å². The Hall–Kier alpha value is -1.80. The van der Waals surface area contributed by atoms with Crippen LogP contribution in [-0.4, -0.2) is 25.2 Å². The second-order valence-electron chi connectivity index (χ2n) is 6.56. The van der Waals surface area contributed by atoms with E-state index in [4.69, 9.17) is 46.4 Å². The predicted octanol–water partition coefficient (Wildman–Crippen LogP) is 6.13. The molecule has 1 amide bonds. The zero-order valence-electron chi connectivity index (χ0n) is 15.9. The molecule has 0 unspecified atom stereocenters. The Morgan fingerprint density at radius 1 is 0.774 bits per heavy atom. The molecule has 0 atom stereocenters. The highest BCUT2D eigenvalue weighted by Gasteiger charge is 2.27. The molecule has 0 aromatic heterocycles. The number of hydrogen-bond acceptors (Lipinski definition) is 3. The Labute approximate surface area is 200 Å². The van der Waals surface area contributed by atoms with Crippen LogP contribution in [0.3, 0.4) is 0 Å². The number of nitrogens with zero attached hydrogens (tertiary/aromatic N) is 1. The molecule has 0 bridgehead atoms. The number of amides is 1. The molecular weight excluding hydrogens is 502 g/mol. The van der Waals surface area contributed by atoms with Crippen molar-refractivity contribution in [2.45, 2.75) is 11.4 Å². The van der Waals surface area contributed by atoms with Crippen LogP contribution in [0.5, 0.6) is 0 Å². The van der Waals surface area contributed by atoms with E-state index >= 15 is 0 Å². The maximum absolute atomic E-state index is 13.2. The molecule has 0 saturated carbocycles. The Morgan fingerprint density at radius 2 is 1.29 bits per heavy atom. The fraction of sp³-hybridized carbons (Fsp3) is 0.0952. The van der Waals surface area contributed by atoms with Gasteiger partial charge in [-0.25, -0.2) is 8.42 Å². The van der Waals surface area contributed by atoms with Crippen molar-refractivity contribution in [1.82, 2.24) is 4.31 Å². The number of rotatable bonds is 7. The quantitative estimate of drug-likeness (QED) is 0.410. The van der Waals surface area contributed by atoms with E-state index in [1.54, 1.807) is 24.3 Å². The Balaban J connectivity index is 1.88. The van der Waals surface area contributed by atoms with Gasteiger partial charge in [0.15, 0.2) is 0 Å². The van der Waals surface area contributed by atoms with Gasteiger partial charge < -0.3 is 5.32 Å². The maximum atomic E-state index is 13.2. The second kappa shape index (κ2) is 10.2. The molecule has 0 aliphatic carbocycles. The van der Waals surface area contributed by atoms with Crippen molar-refractivity contribution < 1.29 is 13.2 Å². The van der Waals surface area contributed by atoms with Gasteiger partial charge in [0.25, 0.3) is 0 Å². The molecule has 3 aromatic carbocycles. The molecule has 31 heavy (non-hydrogen) atoms. The smallest absolute Gasteiger partial charge is 0.243 e. The van der Waals surface area contributed by atoms with E-state index in [9.17, 15) is 13.2 Å². The average Bonchev–Trinajstić information content (AvgIpc) is 2.68. The highest BCUT2D eigenvalue weighted by molar-refractivity contribution is 7.89. The monoisotopic (exact) mass is 516 g/mol. The third kappa shape index (κ3) is 6.59. The molecule has 0 aliphatic heterocycles. The lowest BCUT2D eigenvalue weighted by Gasteiger charge is -2.22. The van der Waals surface area contributed by atoms with E-state index < -0.39 is 22.5 Å². The van der Waals surface area contributed by atoms with Crippen LogP contribution in [0.25, 0.3) is 0 Å². The lowest BCUT2D eigenvalue weighted by atomic mass is 10.2. The summed E-state index contributed by atoms with van der Waals surface area (Å²) in [6, 6.07) is 17.0. The van der Waals surface area contributed by atoms with Gasteiger partial charge in [0, 0.05) is 32.3 Å². The van der Waals surface area contributed by atoms with Gasteiger partial charge >= 0.3 is 0 Å². The zero-order valence-corrected chi connectivity index (χ0v) is 19.7.